The Morgan fingerprint density at radius 1 is 1.14 bits per heavy atom. The molecule has 2 aromatic carbocycles. The van der Waals surface area contributed by atoms with Crippen molar-refractivity contribution < 1.29 is 4.39 Å². The summed E-state index contributed by atoms with van der Waals surface area (Å²) < 4.78 is 14.4. The van der Waals surface area contributed by atoms with Crippen LogP contribution in [-0.4, -0.2) is 6.04 Å². The Morgan fingerprint density at radius 3 is 2.48 bits per heavy atom. The van der Waals surface area contributed by atoms with Crippen LogP contribution < -0.4 is 5.32 Å². The summed E-state index contributed by atoms with van der Waals surface area (Å²) in [5.41, 5.74) is 4.42. The van der Waals surface area contributed by atoms with Crippen molar-refractivity contribution >= 4 is 11.6 Å². The zero-order chi connectivity index (χ0) is 15.6. The molecule has 0 aliphatic carbocycles. The third-order valence-corrected chi connectivity index (χ3v) is 3.71. The third kappa shape index (κ3) is 3.84. The quantitative estimate of drug-likeness (QED) is 0.812. The highest BCUT2D eigenvalue weighted by molar-refractivity contribution is 6.30. The Kier molecular flexibility index (Phi) is 5.02. The highest BCUT2D eigenvalue weighted by Crippen LogP contribution is 2.32. The van der Waals surface area contributed by atoms with Crippen LogP contribution in [0.1, 0.15) is 30.5 Å². The molecular weight excluding hydrogens is 285 g/mol. The molecule has 21 heavy (non-hydrogen) atoms. The lowest BCUT2D eigenvalue weighted by atomic mass is 9.94. The van der Waals surface area contributed by atoms with Crippen molar-refractivity contribution in [2.75, 3.05) is 0 Å². The minimum absolute atomic E-state index is 0.194. The normalized spacial score (nSPS) is 11.2. The second-order valence-electron chi connectivity index (χ2n) is 5.78. The smallest absolute Gasteiger partial charge is 0.131 e. The maximum atomic E-state index is 14.4. The molecule has 0 radical (unpaired) electrons. The molecule has 0 aromatic heterocycles. The van der Waals surface area contributed by atoms with Crippen molar-refractivity contribution in [3.8, 4) is 11.1 Å². The molecular formula is C18H21ClFN. The van der Waals surface area contributed by atoms with E-state index in [0.29, 0.717) is 23.2 Å². The van der Waals surface area contributed by atoms with Crippen LogP contribution in [0.4, 0.5) is 4.39 Å². The van der Waals surface area contributed by atoms with E-state index >= 15 is 0 Å². The monoisotopic (exact) mass is 305 g/mol. The van der Waals surface area contributed by atoms with E-state index in [-0.39, 0.29) is 5.82 Å². The van der Waals surface area contributed by atoms with Gasteiger partial charge in [-0.15, -0.1) is 0 Å². The first-order valence-corrected chi connectivity index (χ1v) is 7.55. The van der Waals surface area contributed by atoms with Crippen molar-refractivity contribution in [1.29, 1.82) is 0 Å². The second kappa shape index (κ2) is 6.59. The van der Waals surface area contributed by atoms with Crippen LogP contribution in [-0.2, 0) is 6.54 Å². The van der Waals surface area contributed by atoms with Gasteiger partial charge in [-0.3, -0.25) is 0 Å². The molecule has 0 bridgehead atoms. The van der Waals surface area contributed by atoms with Crippen molar-refractivity contribution in [2.45, 2.75) is 40.3 Å². The van der Waals surface area contributed by atoms with E-state index in [1.54, 1.807) is 6.07 Å². The van der Waals surface area contributed by atoms with Gasteiger partial charge in [-0.2, -0.15) is 0 Å². The Hall–Kier alpha value is -1.38. The predicted molar refractivity (Wildman–Crippen MR) is 88.3 cm³/mol. The van der Waals surface area contributed by atoms with Crippen molar-refractivity contribution in [3.05, 3.63) is 57.9 Å². The number of benzene rings is 2. The molecule has 0 aliphatic heterocycles. The molecule has 3 heteroatoms. The number of rotatable bonds is 4. The molecule has 0 atom stereocenters. The third-order valence-electron chi connectivity index (χ3n) is 3.47. The van der Waals surface area contributed by atoms with Crippen molar-refractivity contribution in [1.82, 2.24) is 5.32 Å². The molecule has 0 saturated heterocycles. The van der Waals surface area contributed by atoms with Gasteiger partial charge in [0.15, 0.2) is 0 Å². The maximum absolute atomic E-state index is 14.4. The molecule has 0 saturated carbocycles. The lowest BCUT2D eigenvalue weighted by Gasteiger charge is -2.16. The van der Waals surface area contributed by atoms with E-state index in [9.17, 15) is 4.39 Å². The van der Waals surface area contributed by atoms with E-state index in [1.807, 2.05) is 38.1 Å². The Bertz CT molecular complexity index is 627. The molecule has 0 amide bonds. The van der Waals surface area contributed by atoms with Gasteiger partial charge in [0.2, 0.25) is 0 Å². The first kappa shape index (κ1) is 16.0. The largest absolute Gasteiger partial charge is 0.310 e. The number of hydrogen-bond donors (Lipinski definition) is 1. The fourth-order valence-electron chi connectivity index (χ4n) is 2.51. The molecule has 0 unspecified atom stereocenters. The van der Waals surface area contributed by atoms with Gasteiger partial charge < -0.3 is 5.32 Å². The zero-order valence-electron chi connectivity index (χ0n) is 12.9. The molecule has 0 spiro atoms. The molecule has 0 aliphatic rings. The fourth-order valence-corrected chi connectivity index (χ4v) is 2.68. The van der Waals surface area contributed by atoms with Crippen LogP contribution in [0.3, 0.4) is 0 Å². The highest BCUT2D eigenvalue weighted by atomic mass is 35.5. The molecule has 1 nitrogen and oxygen atoms in total. The van der Waals surface area contributed by atoms with E-state index < -0.39 is 0 Å². The molecule has 1 N–H and O–H groups in total. The van der Waals surface area contributed by atoms with E-state index in [0.717, 1.165) is 22.3 Å². The van der Waals surface area contributed by atoms with E-state index in [1.165, 1.54) is 0 Å². The topological polar surface area (TPSA) is 12.0 Å². The number of halogens is 2. The van der Waals surface area contributed by atoms with E-state index in [2.05, 4.69) is 19.2 Å². The molecule has 2 aromatic rings. The summed E-state index contributed by atoms with van der Waals surface area (Å²) >= 11 is 6.12. The zero-order valence-corrected chi connectivity index (χ0v) is 13.7. The minimum Gasteiger partial charge on any atom is -0.310 e. The summed E-state index contributed by atoms with van der Waals surface area (Å²) in [7, 11) is 0. The summed E-state index contributed by atoms with van der Waals surface area (Å²) in [6, 6.07) is 9.61. The van der Waals surface area contributed by atoms with Gasteiger partial charge in [-0.1, -0.05) is 37.6 Å². The van der Waals surface area contributed by atoms with Gasteiger partial charge in [0.25, 0.3) is 0 Å². The Labute approximate surface area is 131 Å². The van der Waals surface area contributed by atoms with Crippen LogP contribution in [0.25, 0.3) is 11.1 Å². The van der Waals surface area contributed by atoms with Gasteiger partial charge in [0.05, 0.1) is 0 Å². The molecule has 0 fully saturated rings. The fraction of sp³-hybridized carbons (Fsp3) is 0.333. The summed E-state index contributed by atoms with van der Waals surface area (Å²) in [6.07, 6.45) is 0. The summed E-state index contributed by atoms with van der Waals surface area (Å²) in [6.45, 7) is 8.71. The number of aryl methyl sites for hydroxylation is 2. The van der Waals surface area contributed by atoms with Gasteiger partial charge >= 0.3 is 0 Å². The van der Waals surface area contributed by atoms with Crippen molar-refractivity contribution in [2.24, 2.45) is 0 Å². The molecule has 2 rings (SSSR count). The van der Waals surface area contributed by atoms with Gasteiger partial charge in [0.1, 0.15) is 5.82 Å². The standard InChI is InChI=1S/C18H21ClFN/c1-11(2)21-10-14-5-6-15(19)9-16(14)18-13(4)7-12(3)8-17(18)20/h5-9,11,21H,10H2,1-4H3. The molecule has 0 heterocycles. The highest BCUT2D eigenvalue weighted by Gasteiger charge is 2.14. The average Bonchev–Trinajstić information content (AvgIpc) is 2.36. The Morgan fingerprint density at radius 2 is 1.86 bits per heavy atom. The summed E-state index contributed by atoms with van der Waals surface area (Å²) in [5.74, 6) is -0.194. The predicted octanol–water partition coefficient (Wildman–Crippen LogP) is 5.26. The molecule has 112 valence electrons. The maximum Gasteiger partial charge on any atom is 0.131 e. The van der Waals surface area contributed by atoms with Crippen LogP contribution in [0, 0.1) is 19.7 Å². The number of nitrogens with one attached hydrogen (secondary N) is 1. The van der Waals surface area contributed by atoms with Crippen LogP contribution in [0.15, 0.2) is 30.3 Å². The SMILES string of the molecule is Cc1cc(C)c(-c2cc(Cl)ccc2CNC(C)C)c(F)c1. The lowest BCUT2D eigenvalue weighted by Crippen LogP contribution is -2.22. The number of hydrogen-bond acceptors (Lipinski definition) is 1. The first-order valence-electron chi connectivity index (χ1n) is 7.17. The van der Waals surface area contributed by atoms with Crippen LogP contribution >= 0.6 is 11.6 Å². The van der Waals surface area contributed by atoms with Gasteiger partial charge in [-0.05, 0) is 54.3 Å². The van der Waals surface area contributed by atoms with Crippen LogP contribution in [0.5, 0.6) is 0 Å². The first-order chi connectivity index (χ1) is 9.88. The average molecular weight is 306 g/mol. The minimum atomic E-state index is -0.194. The lowest BCUT2D eigenvalue weighted by molar-refractivity contribution is 0.588. The van der Waals surface area contributed by atoms with Gasteiger partial charge in [-0.25, -0.2) is 4.39 Å². The second-order valence-corrected chi connectivity index (χ2v) is 6.21. The van der Waals surface area contributed by atoms with Gasteiger partial charge in [0, 0.05) is 23.2 Å². The van der Waals surface area contributed by atoms with Crippen LogP contribution in [0.2, 0.25) is 5.02 Å². The summed E-state index contributed by atoms with van der Waals surface area (Å²) in [4.78, 5) is 0. The Balaban J connectivity index is 2.54. The summed E-state index contributed by atoms with van der Waals surface area (Å²) in [5, 5.41) is 4.00. The van der Waals surface area contributed by atoms with Crippen molar-refractivity contribution in [3.63, 3.8) is 0 Å². The van der Waals surface area contributed by atoms with E-state index in [4.69, 9.17) is 11.6 Å².